The van der Waals surface area contributed by atoms with Crippen molar-refractivity contribution >= 4 is 22.8 Å². The van der Waals surface area contributed by atoms with Crippen molar-refractivity contribution < 1.29 is 0 Å². The van der Waals surface area contributed by atoms with Crippen molar-refractivity contribution in [2.24, 2.45) is 5.73 Å². The summed E-state index contributed by atoms with van der Waals surface area (Å²) in [6.45, 7) is 0.820. The highest BCUT2D eigenvalue weighted by atomic mass is 15.0. The maximum atomic E-state index is 6.13. The van der Waals surface area contributed by atoms with Crippen molar-refractivity contribution in [3.63, 3.8) is 0 Å². The number of para-hydroxylation sites is 3. The number of hydrogen-bond donors (Lipinski definition) is 3. The van der Waals surface area contributed by atoms with Gasteiger partial charge < -0.3 is 16.4 Å². The summed E-state index contributed by atoms with van der Waals surface area (Å²) in [4.78, 5) is 0. The molecule has 0 aliphatic carbocycles. The van der Waals surface area contributed by atoms with Gasteiger partial charge in [0, 0.05) is 17.9 Å². The summed E-state index contributed by atoms with van der Waals surface area (Å²) in [5.41, 5.74) is 11.2. The minimum absolute atomic E-state index is 0.818. The minimum Gasteiger partial charge on any atom is -0.399 e. The summed E-state index contributed by atoms with van der Waals surface area (Å²) in [7, 11) is 0. The van der Waals surface area contributed by atoms with Gasteiger partial charge in [0.25, 0.3) is 0 Å². The predicted octanol–water partition coefficient (Wildman–Crippen LogP) is 5.23. The molecule has 0 bridgehead atoms. The van der Waals surface area contributed by atoms with Gasteiger partial charge >= 0.3 is 0 Å². The Morgan fingerprint density at radius 2 is 1.36 bits per heavy atom. The van der Waals surface area contributed by atoms with E-state index in [2.05, 4.69) is 41.0 Å². The van der Waals surface area contributed by atoms with Crippen LogP contribution >= 0.6 is 0 Å². The first-order valence-corrected chi connectivity index (χ1v) is 8.49. The van der Waals surface area contributed by atoms with Gasteiger partial charge in [-0.25, -0.2) is 0 Å². The van der Waals surface area contributed by atoms with Crippen LogP contribution in [0.5, 0.6) is 0 Å². The number of hydrogen-bond acceptors (Lipinski definition) is 3. The second kappa shape index (κ2) is 8.60. The second-order valence-electron chi connectivity index (χ2n) is 5.78. The average Bonchev–Trinajstić information content (AvgIpc) is 2.68. The Labute approximate surface area is 149 Å². The molecule has 0 heterocycles. The molecule has 0 saturated heterocycles. The normalized spacial score (nSPS) is 11.1. The molecular weight excluding hydrogens is 306 g/mol. The molecule has 3 nitrogen and oxygen atoms in total. The lowest BCUT2D eigenvalue weighted by Crippen LogP contribution is -2.04. The molecule has 0 aromatic heterocycles. The Balaban J connectivity index is 1.58. The monoisotopic (exact) mass is 329 g/mol. The average molecular weight is 329 g/mol. The van der Waals surface area contributed by atoms with Crippen molar-refractivity contribution in [2.75, 3.05) is 17.2 Å². The van der Waals surface area contributed by atoms with Gasteiger partial charge in [-0.3, -0.25) is 0 Å². The van der Waals surface area contributed by atoms with E-state index in [-0.39, 0.29) is 0 Å². The van der Waals surface area contributed by atoms with E-state index in [0.717, 1.165) is 41.3 Å². The largest absolute Gasteiger partial charge is 0.399 e. The number of anilines is 3. The van der Waals surface area contributed by atoms with Crippen LogP contribution < -0.4 is 16.4 Å². The quantitative estimate of drug-likeness (QED) is 0.520. The zero-order valence-corrected chi connectivity index (χ0v) is 14.2. The Kier molecular flexibility index (Phi) is 5.73. The first-order valence-electron chi connectivity index (χ1n) is 8.49. The van der Waals surface area contributed by atoms with E-state index >= 15 is 0 Å². The fourth-order valence-corrected chi connectivity index (χ4v) is 2.61. The van der Waals surface area contributed by atoms with Gasteiger partial charge in [0.2, 0.25) is 0 Å². The van der Waals surface area contributed by atoms with E-state index in [0.29, 0.717) is 0 Å². The van der Waals surface area contributed by atoms with Crippen molar-refractivity contribution in [3.05, 3.63) is 96.6 Å². The molecule has 4 N–H and O–H groups in total. The molecule has 0 saturated carbocycles. The molecule has 0 aliphatic rings. The highest BCUT2D eigenvalue weighted by molar-refractivity contribution is 5.74. The van der Waals surface area contributed by atoms with Gasteiger partial charge in [-0.15, -0.1) is 0 Å². The summed E-state index contributed by atoms with van der Waals surface area (Å²) >= 11 is 0. The highest BCUT2D eigenvalue weighted by Gasteiger charge is 2.01. The highest BCUT2D eigenvalue weighted by Crippen LogP contribution is 2.25. The van der Waals surface area contributed by atoms with Crippen LogP contribution in [0.25, 0.3) is 5.70 Å². The molecule has 0 spiro atoms. The summed E-state index contributed by atoms with van der Waals surface area (Å²) in [5, 5.41) is 6.92. The summed E-state index contributed by atoms with van der Waals surface area (Å²) in [5.74, 6) is 0. The number of rotatable bonds is 7. The summed E-state index contributed by atoms with van der Waals surface area (Å²) in [6.07, 6.45) is 2.93. The Morgan fingerprint density at radius 3 is 2.08 bits per heavy atom. The summed E-state index contributed by atoms with van der Waals surface area (Å²) in [6, 6.07) is 28.4. The number of nitrogens with one attached hydrogen (secondary N) is 2. The fourth-order valence-electron chi connectivity index (χ4n) is 2.61. The van der Waals surface area contributed by atoms with Crippen LogP contribution in [-0.2, 0) is 0 Å². The van der Waals surface area contributed by atoms with E-state index in [1.807, 2.05) is 60.7 Å². The van der Waals surface area contributed by atoms with Crippen molar-refractivity contribution in [1.82, 2.24) is 0 Å². The third-order valence-corrected chi connectivity index (χ3v) is 3.91. The SMILES string of the molecule is N/C(=C\CCNc1ccccc1Nc1ccccc1)c1ccccc1. The van der Waals surface area contributed by atoms with Crippen LogP contribution in [0.2, 0.25) is 0 Å². The van der Waals surface area contributed by atoms with E-state index in [1.54, 1.807) is 0 Å². The van der Waals surface area contributed by atoms with Crippen molar-refractivity contribution in [3.8, 4) is 0 Å². The molecule has 3 aromatic carbocycles. The van der Waals surface area contributed by atoms with Gasteiger partial charge in [0.05, 0.1) is 11.4 Å². The van der Waals surface area contributed by atoms with Crippen LogP contribution in [0.1, 0.15) is 12.0 Å². The van der Waals surface area contributed by atoms with Crippen LogP contribution in [0, 0.1) is 0 Å². The summed E-state index contributed by atoms with van der Waals surface area (Å²) < 4.78 is 0. The lowest BCUT2D eigenvalue weighted by molar-refractivity contribution is 1.07. The molecule has 0 radical (unpaired) electrons. The molecule has 25 heavy (non-hydrogen) atoms. The molecule has 0 fully saturated rings. The van der Waals surface area contributed by atoms with E-state index in [4.69, 9.17) is 5.73 Å². The maximum absolute atomic E-state index is 6.13. The predicted molar refractivity (Wildman–Crippen MR) is 108 cm³/mol. The lowest BCUT2D eigenvalue weighted by Gasteiger charge is -2.13. The third-order valence-electron chi connectivity index (χ3n) is 3.91. The number of benzene rings is 3. The molecule has 3 heteroatoms. The molecule has 3 aromatic rings. The molecule has 126 valence electrons. The van der Waals surface area contributed by atoms with Crippen LogP contribution in [-0.4, -0.2) is 6.54 Å². The van der Waals surface area contributed by atoms with Gasteiger partial charge in [-0.2, -0.15) is 0 Å². The van der Waals surface area contributed by atoms with Crippen LogP contribution in [0.15, 0.2) is 91.0 Å². The van der Waals surface area contributed by atoms with Gasteiger partial charge in [0.15, 0.2) is 0 Å². The van der Waals surface area contributed by atoms with E-state index in [9.17, 15) is 0 Å². The third kappa shape index (κ3) is 4.88. The van der Waals surface area contributed by atoms with Crippen LogP contribution in [0.3, 0.4) is 0 Å². The first-order chi connectivity index (χ1) is 12.3. The van der Waals surface area contributed by atoms with Gasteiger partial charge in [0.1, 0.15) is 0 Å². The first kappa shape index (κ1) is 16.7. The smallest absolute Gasteiger partial charge is 0.0620 e. The van der Waals surface area contributed by atoms with Crippen molar-refractivity contribution in [2.45, 2.75) is 6.42 Å². The molecule has 0 aliphatic heterocycles. The van der Waals surface area contributed by atoms with E-state index in [1.165, 1.54) is 0 Å². The lowest BCUT2D eigenvalue weighted by atomic mass is 10.1. The molecule has 0 atom stereocenters. The molecular formula is C22H23N3. The fraction of sp³-hybridized carbons (Fsp3) is 0.0909. The Morgan fingerprint density at radius 1 is 0.760 bits per heavy atom. The standard InChI is InChI=1S/C22H23N3/c23-20(18-10-3-1-4-11-18)14-9-17-24-21-15-7-8-16-22(21)25-19-12-5-2-6-13-19/h1-8,10-16,24-25H,9,17,23H2/b20-14-. The maximum Gasteiger partial charge on any atom is 0.0620 e. The minimum atomic E-state index is 0.818. The van der Waals surface area contributed by atoms with Gasteiger partial charge in [-0.1, -0.05) is 66.7 Å². The van der Waals surface area contributed by atoms with E-state index < -0.39 is 0 Å². The Bertz CT molecular complexity index is 811. The zero-order chi connectivity index (χ0) is 17.3. The Hall–Kier alpha value is -3.20. The van der Waals surface area contributed by atoms with Crippen molar-refractivity contribution in [1.29, 1.82) is 0 Å². The van der Waals surface area contributed by atoms with Gasteiger partial charge in [-0.05, 0) is 36.2 Å². The molecule has 0 unspecified atom stereocenters. The zero-order valence-electron chi connectivity index (χ0n) is 14.2. The van der Waals surface area contributed by atoms with Crippen LogP contribution in [0.4, 0.5) is 17.1 Å². The molecule has 3 rings (SSSR count). The number of nitrogens with two attached hydrogens (primary N) is 1. The second-order valence-corrected chi connectivity index (χ2v) is 5.78. The molecule has 0 amide bonds. The topological polar surface area (TPSA) is 50.1 Å².